The minimum Gasteiger partial charge on any atom is -0.335 e. The molecule has 3 rings (SSSR count). The maximum absolute atomic E-state index is 6.14. The molecule has 1 aliphatic rings. The largest absolute Gasteiger partial charge is 0.335 e. The Morgan fingerprint density at radius 1 is 1.26 bits per heavy atom. The van der Waals surface area contributed by atoms with Gasteiger partial charge in [-0.3, -0.25) is 0 Å². The normalized spacial score (nSPS) is 17.6. The van der Waals surface area contributed by atoms with E-state index in [1.54, 1.807) is 6.08 Å². The van der Waals surface area contributed by atoms with Crippen LogP contribution in [0.1, 0.15) is 36.5 Å². The van der Waals surface area contributed by atoms with Gasteiger partial charge in [-0.15, -0.1) is 0 Å². The summed E-state index contributed by atoms with van der Waals surface area (Å²) in [6.07, 6.45) is 6.56. The number of nitrogens with zero attached hydrogens (tertiary/aromatic N) is 2. The van der Waals surface area contributed by atoms with Crippen molar-refractivity contribution in [2.75, 3.05) is 0 Å². The minimum atomic E-state index is -0.389. The first-order chi connectivity index (χ1) is 9.17. The van der Waals surface area contributed by atoms with Gasteiger partial charge in [0.2, 0.25) is 0 Å². The molecule has 0 amide bonds. The molecule has 19 heavy (non-hydrogen) atoms. The molecule has 0 bridgehead atoms. The van der Waals surface area contributed by atoms with Crippen LogP contribution in [0.15, 0.2) is 28.8 Å². The lowest BCUT2D eigenvalue weighted by molar-refractivity contribution is 0.229. The molecule has 0 saturated heterocycles. The van der Waals surface area contributed by atoms with Gasteiger partial charge < -0.3 is 10.3 Å². The zero-order valence-electron chi connectivity index (χ0n) is 10.3. The van der Waals surface area contributed by atoms with E-state index in [0.717, 1.165) is 24.8 Å². The molecular formula is C14H14ClN3O. The smallest absolute Gasteiger partial charge is 0.250 e. The van der Waals surface area contributed by atoms with Gasteiger partial charge in [0.05, 0.1) is 5.54 Å². The molecule has 98 valence electrons. The first-order valence-corrected chi connectivity index (χ1v) is 6.61. The van der Waals surface area contributed by atoms with Gasteiger partial charge in [-0.2, -0.15) is 4.98 Å². The van der Waals surface area contributed by atoms with Gasteiger partial charge in [0.15, 0.2) is 5.82 Å². The Labute approximate surface area is 116 Å². The molecule has 0 spiro atoms. The Hall–Kier alpha value is -1.65. The quantitative estimate of drug-likeness (QED) is 0.934. The fourth-order valence-electron chi connectivity index (χ4n) is 2.06. The SMILES string of the molecule is NC1(c2noc(/C=C/c3ccccc3Cl)n2)CCC1. The highest BCUT2D eigenvalue weighted by Crippen LogP contribution is 2.36. The highest BCUT2D eigenvalue weighted by atomic mass is 35.5. The molecule has 1 aliphatic carbocycles. The average molecular weight is 276 g/mol. The minimum absolute atomic E-state index is 0.389. The summed E-state index contributed by atoms with van der Waals surface area (Å²) in [6.45, 7) is 0. The highest BCUT2D eigenvalue weighted by molar-refractivity contribution is 6.32. The van der Waals surface area contributed by atoms with Crippen LogP contribution in [-0.4, -0.2) is 10.1 Å². The van der Waals surface area contributed by atoms with Gasteiger partial charge in [-0.05, 0) is 37.0 Å². The second kappa shape index (κ2) is 4.79. The molecule has 2 aromatic rings. The molecular weight excluding hydrogens is 262 g/mol. The number of rotatable bonds is 3. The van der Waals surface area contributed by atoms with Crippen LogP contribution < -0.4 is 5.73 Å². The molecule has 0 unspecified atom stereocenters. The van der Waals surface area contributed by atoms with E-state index in [1.807, 2.05) is 30.3 Å². The molecule has 1 aromatic carbocycles. The molecule has 5 heteroatoms. The number of benzene rings is 1. The molecule has 4 nitrogen and oxygen atoms in total. The highest BCUT2D eigenvalue weighted by Gasteiger charge is 2.38. The molecule has 1 heterocycles. The molecule has 1 saturated carbocycles. The van der Waals surface area contributed by atoms with Crippen LogP contribution in [0.5, 0.6) is 0 Å². The lowest BCUT2D eigenvalue weighted by Crippen LogP contribution is -2.44. The summed E-state index contributed by atoms with van der Waals surface area (Å²) in [4.78, 5) is 4.32. The number of halogens is 1. The van der Waals surface area contributed by atoms with Crippen molar-refractivity contribution in [3.8, 4) is 0 Å². The molecule has 0 atom stereocenters. The Morgan fingerprint density at radius 2 is 2.05 bits per heavy atom. The molecule has 1 aromatic heterocycles. The second-order valence-electron chi connectivity index (χ2n) is 4.82. The van der Waals surface area contributed by atoms with Crippen LogP contribution in [0.25, 0.3) is 12.2 Å². The zero-order valence-corrected chi connectivity index (χ0v) is 11.1. The summed E-state index contributed by atoms with van der Waals surface area (Å²) in [6, 6.07) is 7.57. The predicted octanol–water partition coefficient (Wildman–Crippen LogP) is 3.23. The van der Waals surface area contributed by atoms with Gasteiger partial charge in [0.1, 0.15) is 0 Å². The van der Waals surface area contributed by atoms with Crippen molar-refractivity contribution in [1.82, 2.24) is 10.1 Å². The van der Waals surface area contributed by atoms with Crippen LogP contribution in [0.2, 0.25) is 5.02 Å². The van der Waals surface area contributed by atoms with E-state index in [-0.39, 0.29) is 5.54 Å². The Morgan fingerprint density at radius 3 is 2.74 bits per heavy atom. The average Bonchev–Trinajstić information content (AvgIpc) is 2.84. The van der Waals surface area contributed by atoms with E-state index in [1.165, 1.54) is 0 Å². The number of hydrogen-bond acceptors (Lipinski definition) is 4. The Kier molecular flexibility index (Phi) is 3.12. The van der Waals surface area contributed by atoms with E-state index in [9.17, 15) is 0 Å². The van der Waals surface area contributed by atoms with E-state index in [4.69, 9.17) is 21.9 Å². The molecule has 2 N–H and O–H groups in total. The van der Waals surface area contributed by atoms with E-state index in [2.05, 4.69) is 10.1 Å². The maximum atomic E-state index is 6.14. The fourth-order valence-corrected chi connectivity index (χ4v) is 2.26. The third-order valence-corrected chi connectivity index (χ3v) is 3.79. The van der Waals surface area contributed by atoms with Gasteiger partial charge in [-0.1, -0.05) is 35.0 Å². The van der Waals surface area contributed by atoms with Crippen molar-refractivity contribution in [2.24, 2.45) is 5.73 Å². The van der Waals surface area contributed by atoms with E-state index in [0.29, 0.717) is 16.7 Å². The van der Waals surface area contributed by atoms with Crippen LogP contribution >= 0.6 is 11.6 Å². The summed E-state index contributed by atoms with van der Waals surface area (Å²) in [7, 11) is 0. The van der Waals surface area contributed by atoms with Gasteiger partial charge >= 0.3 is 0 Å². The van der Waals surface area contributed by atoms with Crippen molar-refractivity contribution in [1.29, 1.82) is 0 Å². The summed E-state index contributed by atoms with van der Waals surface area (Å²) >= 11 is 6.06. The molecule has 0 aliphatic heterocycles. The van der Waals surface area contributed by atoms with Gasteiger partial charge in [0, 0.05) is 11.1 Å². The second-order valence-corrected chi connectivity index (χ2v) is 5.23. The summed E-state index contributed by atoms with van der Waals surface area (Å²) in [5.41, 5.74) is 6.66. The van der Waals surface area contributed by atoms with E-state index < -0.39 is 0 Å². The topological polar surface area (TPSA) is 64.9 Å². The summed E-state index contributed by atoms with van der Waals surface area (Å²) in [5, 5.41) is 4.64. The first kappa shape index (κ1) is 12.4. The third kappa shape index (κ3) is 2.41. The monoisotopic (exact) mass is 275 g/mol. The van der Waals surface area contributed by atoms with Gasteiger partial charge in [-0.25, -0.2) is 0 Å². The van der Waals surface area contributed by atoms with Crippen LogP contribution in [0.3, 0.4) is 0 Å². The van der Waals surface area contributed by atoms with Gasteiger partial charge in [0.25, 0.3) is 5.89 Å². The van der Waals surface area contributed by atoms with E-state index >= 15 is 0 Å². The lowest BCUT2D eigenvalue weighted by atomic mass is 9.77. The lowest BCUT2D eigenvalue weighted by Gasteiger charge is -2.34. The van der Waals surface area contributed by atoms with Crippen molar-refractivity contribution in [3.05, 3.63) is 46.6 Å². The van der Waals surface area contributed by atoms with Crippen molar-refractivity contribution in [2.45, 2.75) is 24.8 Å². The first-order valence-electron chi connectivity index (χ1n) is 6.23. The van der Waals surface area contributed by atoms with Crippen LogP contribution in [0, 0.1) is 0 Å². The summed E-state index contributed by atoms with van der Waals surface area (Å²) < 4.78 is 5.18. The van der Waals surface area contributed by atoms with Crippen molar-refractivity contribution < 1.29 is 4.52 Å². The maximum Gasteiger partial charge on any atom is 0.250 e. The molecule has 1 fully saturated rings. The molecule has 0 radical (unpaired) electrons. The number of nitrogens with two attached hydrogens (primary N) is 1. The summed E-state index contributed by atoms with van der Waals surface area (Å²) in [5.74, 6) is 1.05. The Balaban J connectivity index is 1.79. The fraction of sp³-hybridized carbons (Fsp3) is 0.286. The van der Waals surface area contributed by atoms with Crippen molar-refractivity contribution >= 4 is 23.8 Å². The predicted molar refractivity (Wildman–Crippen MR) is 74.4 cm³/mol. The van der Waals surface area contributed by atoms with Crippen LogP contribution in [0.4, 0.5) is 0 Å². The van der Waals surface area contributed by atoms with Crippen molar-refractivity contribution in [3.63, 3.8) is 0 Å². The zero-order chi connectivity index (χ0) is 13.3. The third-order valence-electron chi connectivity index (χ3n) is 3.44. The number of aromatic nitrogens is 2. The Bertz CT molecular complexity index is 617. The van der Waals surface area contributed by atoms with Crippen LogP contribution in [-0.2, 0) is 5.54 Å². The number of hydrogen-bond donors (Lipinski definition) is 1. The standard InChI is InChI=1S/C14H14ClN3O/c15-11-5-2-1-4-10(11)6-7-12-17-13(18-19-12)14(16)8-3-9-14/h1-2,4-7H,3,8-9,16H2/b7-6+.